The van der Waals surface area contributed by atoms with Gasteiger partial charge < -0.3 is 4.74 Å². The van der Waals surface area contributed by atoms with E-state index in [1.807, 2.05) is 84.9 Å². The molecule has 8 rings (SSSR count). The van der Waals surface area contributed by atoms with Crippen molar-refractivity contribution in [2.45, 2.75) is 0 Å². The molecule has 0 unspecified atom stereocenters. The number of ether oxygens (including phenoxy) is 1. The zero-order valence-electron chi connectivity index (χ0n) is 30.3. The van der Waals surface area contributed by atoms with E-state index in [-0.39, 0.29) is 62.5 Å². The highest BCUT2D eigenvalue weighted by atomic mass is 16.5. The van der Waals surface area contributed by atoms with Crippen molar-refractivity contribution in [2.24, 2.45) is 0 Å². The van der Waals surface area contributed by atoms with E-state index in [1.54, 1.807) is 0 Å². The molecule has 0 aliphatic carbocycles. The van der Waals surface area contributed by atoms with E-state index < -0.39 is 48.3 Å². The minimum absolute atomic E-state index is 0.0369. The number of hydrogen-bond donors (Lipinski definition) is 0. The monoisotopic (exact) mass is 534 g/mol. The first kappa shape index (κ1) is 15.8. The van der Waals surface area contributed by atoms with Crippen LogP contribution in [-0.2, 0) is 0 Å². The van der Waals surface area contributed by atoms with Gasteiger partial charge in [0.15, 0.2) is 17.5 Å². The SMILES string of the molecule is [2H]c1c([2H])c(-c2nc(-c3ccccc3)nc(-c3cccc(-c4ccccc4)c3)n2)c([2H])c2c1Oc1c([2H])c([2H])c([2H])c3c([2H])c([2H])c([2H])c-2c13. The second-order valence-electron chi connectivity index (χ2n) is 9.38. The third-order valence-corrected chi connectivity index (χ3v) is 6.82. The average Bonchev–Trinajstić information content (AvgIpc) is 3.15. The van der Waals surface area contributed by atoms with Gasteiger partial charge in [-0.3, -0.25) is 0 Å². The fourth-order valence-electron chi connectivity index (χ4n) is 4.87. The van der Waals surface area contributed by atoms with Gasteiger partial charge in [0.2, 0.25) is 0 Å². The van der Waals surface area contributed by atoms with Crippen molar-refractivity contribution >= 4 is 10.8 Å². The molecular weight excluding hydrogens is 502 g/mol. The first-order valence-electron chi connectivity index (χ1n) is 17.4. The Morgan fingerprint density at radius 3 is 1.90 bits per heavy atom. The lowest BCUT2D eigenvalue weighted by molar-refractivity contribution is 0.487. The maximum atomic E-state index is 9.47. The number of nitrogens with zero attached hydrogens (tertiary/aromatic N) is 3. The molecule has 0 N–H and O–H groups in total. The molecule has 41 heavy (non-hydrogen) atoms. The van der Waals surface area contributed by atoms with Crippen LogP contribution in [0.1, 0.15) is 12.3 Å². The van der Waals surface area contributed by atoms with Crippen molar-refractivity contribution in [1.82, 2.24) is 15.0 Å². The lowest BCUT2D eigenvalue weighted by Crippen LogP contribution is -2.01. The summed E-state index contributed by atoms with van der Waals surface area (Å²) in [6.45, 7) is 0. The molecule has 7 aromatic rings. The Morgan fingerprint density at radius 2 is 1.12 bits per heavy atom. The van der Waals surface area contributed by atoms with Crippen molar-refractivity contribution in [2.75, 3.05) is 0 Å². The van der Waals surface area contributed by atoms with Gasteiger partial charge in [-0.25, -0.2) is 15.0 Å². The highest BCUT2D eigenvalue weighted by Crippen LogP contribution is 2.47. The number of aromatic nitrogens is 3. The normalized spacial score (nSPS) is 14.7. The summed E-state index contributed by atoms with van der Waals surface area (Å²) in [6, 6.07) is 22.2. The van der Waals surface area contributed by atoms with Crippen LogP contribution in [0.15, 0.2) is 139 Å². The maximum absolute atomic E-state index is 9.47. The molecule has 0 atom stereocenters. The molecule has 192 valence electrons. The van der Waals surface area contributed by atoms with Gasteiger partial charge in [-0.1, -0.05) is 109 Å². The summed E-state index contributed by atoms with van der Waals surface area (Å²) in [4.78, 5) is 14.2. The molecule has 0 radical (unpaired) electrons. The van der Waals surface area contributed by atoms with E-state index >= 15 is 0 Å². The predicted molar refractivity (Wildman–Crippen MR) is 165 cm³/mol. The van der Waals surface area contributed by atoms with Gasteiger partial charge in [0.05, 0.1) is 12.3 Å². The van der Waals surface area contributed by atoms with Crippen molar-refractivity contribution in [3.63, 3.8) is 0 Å². The third-order valence-electron chi connectivity index (χ3n) is 6.82. The summed E-state index contributed by atoms with van der Waals surface area (Å²) < 4.78 is 84.9. The summed E-state index contributed by atoms with van der Waals surface area (Å²) in [5.74, 6) is -0.130. The Balaban J connectivity index is 1.43. The third kappa shape index (κ3) is 4.14. The molecule has 1 aliphatic heterocycles. The number of hydrogen-bond acceptors (Lipinski definition) is 4. The predicted octanol–water partition coefficient (Wildman–Crippen LogP) is 9.47. The number of fused-ring (bicyclic) bond motifs is 2. The first-order valence-corrected chi connectivity index (χ1v) is 12.9. The van der Waals surface area contributed by atoms with Crippen LogP contribution in [-0.4, -0.2) is 15.0 Å². The molecule has 1 aliphatic rings. The van der Waals surface area contributed by atoms with Gasteiger partial charge in [-0.2, -0.15) is 0 Å². The topological polar surface area (TPSA) is 47.9 Å². The van der Waals surface area contributed by atoms with Crippen LogP contribution in [0.25, 0.3) is 67.2 Å². The van der Waals surface area contributed by atoms with Gasteiger partial charge in [0.25, 0.3) is 0 Å². The van der Waals surface area contributed by atoms with Crippen LogP contribution >= 0.6 is 0 Å². The number of benzene rings is 6. The molecule has 6 aromatic carbocycles. The minimum Gasteiger partial charge on any atom is -0.456 e. The van der Waals surface area contributed by atoms with E-state index in [9.17, 15) is 1.37 Å². The standard InChI is InChI=1S/C37H23N3O/c1-3-10-24(11-4-1)27-16-7-17-28(22-27)36-38-35(26-12-5-2-6-13-26)39-37(40-36)29-20-21-32-31(23-29)30-18-8-14-25-15-9-19-33(41-32)34(25)30/h1-23H/i8D,9D,14D,15D,18D,19D,20D,21D,23D. The Bertz CT molecular complexity index is 2560. The smallest absolute Gasteiger partial charge is 0.164 e. The van der Waals surface area contributed by atoms with Crippen LogP contribution in [0.4, 0.5) is 0 Å². The molecular formula is C37H23N3O. The first-order chi connectivity index (χ1) is 24.1. The van der Waals surface area contributed by atoms with E-state index in [2.05, 4.69) is 0 Å². The minimum atomic E-state index is -0.550. The second kappa shape index (κ2) is 9.54. The van der Waals surface area contributed by atoms with Crippen molar-refractivity contribution in [3.05, 3.63) is 139 Å². The van der Waals surface area contributed by atoms with Crippen molar-refractivity contribution in [3.8, 4) is 67.9 Å². The summed E-state index contributed by atoms with van der Waals surface area (Å²) >= 11 is 0. The van der Waals surface area contributed by atoms with Crippen molar-refractivity contribution in [1.29, 1.82) is 0 Å². The quantitative estimate of drug-likeness (QED) is 0.226. The average molecular weight is 535 g/mol. The molecule has 0 fully saturated rings. The largest absolute Gasteiger partial charge is 0.456 e. The molecule has 4 heteroatoms. The van der Waals surface area contributed by atoms with Gasteiger partial charge in [0, 0.05) is 27.6 Å². The van der Waals surface area contributed by atoms with E-state index in [1.165, 1.54) is 0 Å². The molecule has 4 nitrogen and oxygen atoms in total. The van der Waals surface area contributed by atoms with Gasteiger partial charge in [-0.15, -0.1) is 0 Å². The van der Waals surface area contributed by atoms with Crippen LogP contribution in [0.5, 0.6) is 11.5 Å². The van der Waals surface area contributed by atoms with Gasteiger partial charge >= 0.3 is 0 Å². The Morgan fingerprint density at radius 1 is 0.488 bits per heavy atom. The summed E-state index contributed by atoms with van der Waals surface area (Å²) in [5, 5.41) is -0.206. The fraction of sp³-hybridized carbons (Fsp3) is 0. The Labute approximate surface area is 250 Å². The maximum Gasteiger partial charge on any atom is 0.164 e. The van der Waals surface area contributed by atoms with E-state index in [4.69, 9.17) is 30.7 Å². The molecule has 0 bridgehead atoms. The number of rotatable bonds is 4. The molecule has 0 spiro atoms. The van der Waals surface area contributed by atoms with E-state index in [0.717, 1.165) is 11.1 Å². The van der Waals surface area contributed by atoms with Crippen LogP contribution in [0, 0.1) is 0 Å². The molecule has 1 aromatic heterocycles. The van der Waals surface area contributed by atoms with Crippen LogP contribution < -0.4 is 4.74 Å². The molecule has 0 saturated carbocycles. The van der Waals surface area contributed by atoms with Crippen LogP contribution in [0.3, 0.4) is 0 Å². The van der Waals surface area contributed by atoms with Gasteiger partial charge in [-0.05, 0) is 52.3 Å². The molecule has 0 saturated heterocycles. The second-order valence-corrected chi connectivity index (χ2v) is 9.38. The fourth-order valence-corrected chi connectivity index (χ4v) is 4.87. The van der Waals surface area contributed by atoms with Crippen LogP contribution in [0.2, 0.25) is 0 Å². The van der Waals surface area contributed by atoms with Gasteiger partial charge in [0.1, 0.15) is 11.5 Å². The summed E-state index contributed by atoms with van der Waals surface area (Å²) in [6.07, 6.45) is 0. The highest BCUT2D eigenvalue weighted by Gasteiger charge is 2.21. The Kier molecular flexibility index (Phi) is 3.69. The van der Waals surface area contributed by atoms with E-state index in [0.29, 0.717) is 11.1 Å². The lowest BCUT2D eigenvalue weighted by atomic mass is 9.93. The highest BCUT2D eigenvalue weighted by molar-refractivity contribution is 6.04. The molecule has 2 heterocycles. The molecule has 0 amide bonds. The summed E-state index contributed by atoms with van der Waals surface area (Å²) in [7, 11) is 0. The zero-order valence-corrected chi connectivity index (χ0v) is 21.3. The summed E-state index contributed by atoms with van der Waals surface area (Å²) in [5.41, 5.74) is 2.83. The Hall–Kier alpha value is -5.61. The zero-order chi connectivity index (χ0) is 35.0. The lowest BCUT2D eigenvalue weighted by Gasteiger charge is -2.21. The van der Waals surface area contributed by atoms with Crippen molar-refractivity contribution < 1.29 is 17.1 Å².